The Balaban J connectivity index is 1.83. The van der Waals surface area contributed by atoms with Crippen molar-refractivity contribution in [3.05, 3.63) is 41.5 Å². The van der Waals surface area contributed by atoms with Gasteiger partial charge in [-0.1, -0.05) is 24.1 Å². The highest BCUT2D eigenvalue weighted by atomic mass is 16.2. The zero-order valence-electron chi connectivity index (χ0n) is 13.1. The van der Waals surface area contributed by atoms with Crippen LogP contribution in [0.3, 0.4) is 0 Å². The van der Waals surface area contributed by atoms with Crippen LogP contribution in [0.25, 0.3) is 0 Å². The number of nitrogens with one attached hydrogen (secondary N) is 2. The summed E-state index contributed by atoms with van der Waals surface area (Å²) in [6.45, 7) is 0.374. The topological polar surface area (TPSA) is 82.0 Å². The summed E-state index contributed by atoms with van der Waals surface area (Å²) in [5.41, 5.74) is 2.88. The van der Waals surface area contributed by atoms with Crippen molar-refractivity contribution in [3.63, 3.8) is 0 Å². The molecular weight excluding hydrogens is 290 g/mol. The lowest BCUT2D eigenvalue weighted by molar-refractivity contribution is -0.120. The number of hydrogen-bond acceptors (Lipinski definition) is 3. The number of benzene rings is 1. The SMILES string of the molecule is N#CCC(=O)NCc1ccc(NC(=O)C=C2CCCCC2)cc1. The van der Waals surface area contributed by atoms with Gasteiger partial charge in [-0.15, -0.1) is 0 Å². The van der Waals surface area contributed by atoms with Crippen LogP contribution in [0.4, 0.5) is 5.69 Å². The average molecular weight is 311 g/mol. The van der Waals surface area contributed by atoms with Crippen LogP contribution in [0, 0.1) is 11.3 Å². The van der Waals surface area contributed by atoms with Gasteiger partial charge in [-0.25, -0.2) is 0 Å². The van der Waals surface area contributed by atoms with Crippen molar-refractivity contribution in [1.29, 1.82) is 5.26 Å². The van der Waals surface area contributed by atoms with Gasteiger partial charge in [0.15, 0.2) is 0 Å². The minimum absolute atomic E-state index is 0.0861. The summed E-state index contributed by atoms with van der Waals surface area (Å²) in [4.78, 5) is 23.2. The third-order valence-corrected chi connectivity index (χ3v) is 3.78. The van der Waals surface area contributed by atoms with E-state index < -0.39 is 0 Å². The van der Waals surface area contributed by atoms with Crippen molar-refractivity contribution in [3.8, 4) is 6.07 Å². The van der Waals surface area contributed by atoms with Gasteiger partial charge in [0.25, 0.3) is 0 Å². The maximum absolute atomic E-state index is 12.0. The normalized spacial score (nSPS) is 13.8. The molecule has 0 atom stereocenters. The zero-order chi connectivity index (χ0) is 16.5. The van der Waals surface area contributed by atoms with Crippen LogP contribution < -0.4 is 10.6 Å². The molecule has 23 heavy (non-hydrogen) atoms. The lowest BCUT2D eigenvalue weighted by Gasteiger charge is -2.13. The van der Waals surface area contributed by atoms with Gasteiger partial charge in [-0.3, -0.25) is 9.59 Å². The molecule has 0 saturated heterocycles. The third-order valence-electron chi connectivity index (χ3n) is 3.78. The summed E-state index contributed by atoms with van der Waals surface area (Å²) in [6, 6.07) is 9.11. The minimum Gasteiger partial charge on any atom is -0.351 e. The van der Waals surface area contributed by atoms with Gasteiger partial charge in [-0.2, -0.15) is 5.26 Å². The third kappa shape index (κ3) is 5.95. The van der Waals surface area contributed by atoms with Gasteiger partial charge >= 0.3 is 0 Å². The van der Waals surface area contributed by atoms with Crippen LogP contribution in [-0.4, -0.2) is 11.8 Å². The first-order chi connectivity index (χ1) is 11.2. The van der Waals surface area contributed by atoms with Crippen molar-refractivity contribution < 1.29 is 9.59 Å². The number of carbonyl (C=O) groups excluding carboxylic acids is 2. The second-order valence-corrected chi connectivity index (χ2v) is 5.66. The lowest BCUT2D eigenvalue weighted by Crippen LogP contribution is -2.21. The largest absolute Gasteiger partial charge is 0.351 e. The Kier molecular flexibility index (Phi) is 6.37. The summed E-state index contributed by atoms with van der Waals surface area (Å²) in [5.74, 6) is -0.374. The number of allylic oxidation sites excluding steroid dienone is 1. The van der Waals surface area contributed by atoms with E-state index in [1.165, 1.54) is 24.8 Å². The van der Waals surface area contributed by atoms with Crippen LogP contribution in [0.2, 0.25) is 0 Å². The molecule has 1 aromatic rings. The highest BCUT2D eigenvalue weighted by Crippen LogP contribution is 2.22. The van der Waals surface area contributed by atoms with Gasteiger partial charge in [0.2, 0.25) is 11.8 Å². The van der Waals surface area contributed by atoms with E-state index in [0.29, 0.717) is 6.54 Å². The van der Waals surface area contributed by atoms with Crippen LogP contribution in [-0.2, 0) is 16.1 Å². The number of carbonyl (C=O) groups is 2. The molecule has 5 heteroatoms. The molecule has 0 spiro atoms. The minimum atomic E-state index is -0.288. The molecule has 1 fully saturated rings. The highest BCUT2D eigenvalue weighted by molar-refractivity contribution is 5.99. The number of rotatable bonds is 5. The first-order valence-corrected chi connectivity index (χ1v) is 7.90. The van der Waals surface area contributed by atoms with Crippen molar-refractivity contribution in [2.45, 2.75) is 45.1 Å². The molecule has 1 aromatic carbocycles. The summed E-state index contributed by atoms with van der Waals surface area (Å²) in [7, 11) is 0. The average Bonchev–Trinajstić information content (AvgIpc) is 2.55. The number of anilines is 1. The number of amides is 2. The Hall–Kier alpha value is -2.61. The summed E-state index contributed by atoms with van der Waals surface area (Å²) in [5, 5.41) is 13.9. The van der Waals surface area contributed by atoms with E-state index in [4.69, 9.17) is 5.26 Å². The lowest BCUT2D eigenvalue weighted by atomic mass is 9.94. The van der Waals surface area contributed by atoms with Crippen LogP contribution >= 0.6 is 0 Å². The van der Waals surface area contributed by atoms with Gasteiger partial charge < -0.3 is 10.6 Å². The molecular formula is C18H21N3O2. The molecule has 0 aromatic heterocycles. The van der Waals surface area contributed by atoms with Gasteiger partial charge in [0.1, 0.15) is 6.42 Å². The molecule has 120 valence electrons. The quantitative estimate of drug-likeness (QED) is 0.820. The van der Waals surface area contributed by atoms with E-state index in [0.717, 1.165) is 24.1 Å². The van der Waals surface area contributed by atoms with E-state index in [1.54, 1.807) is 12.1 Å². The summed E-state index contributed by atoms with van der Waals surface area (Å²) < 4.78 is 0. The molecule has 5 nitrogen and oxygen atoms in total. The smallest absolute Gasteiger partial charge is 0.248 e. The molecule has 2 rings (SSSR count). The molecule has 0 bridgehead atoms. The monoisotopic (exact) mass is 311 g/mol. The molecule has 1 aliphatic rings. The van der Waals surface area contributed by atoms with E-state index in [9.17, 15) is 9.59 Å². The fourth-order valence-electron chi connectivity index (χ4n) is 2.55. The Morgan fingerprint density at radius 3 is 2.48 bits per heavy atom. The van der Waals surface area contributed by atoms with E-state index in [2.05, 4.69) is 10.6 Å². The maximum atomic E-state index is 12.0. The molecule has 0 aliphatic heterocycles. The standard InChI is InChI=1S/C18H21N3O2/c19-11-10-17(22)20-13-15-6-8-16(9-7-15)21-18(23)12-14-4-2-1-3-5-14/h6-9,12H,1-5,10,13H2,(H,20,22)(H,21,23). The molecule has 2 N–H and O–H groups in total. The fourth-order valence-corrected chi connectivity index (χ4v) is 2.55. The van der Waals surface area contributed by atoms with Crippen molar-refractivity contribution in [2.24, 2.45) is 0 Å². The molecule has 0 unspecified atom stereocenters. The number of hydrogen-bond donors (Lipinski definition) is 2. The molecule has 1 saturated carbocycles. The summed E-state index contributed by atoms with van der Waals surface area (Å²) >= 11 is 0. The summed E-state index contributed by atoms with van der Waals surface area (Å²) in [6.07, 6.45) is 7.23. The second kappa shape index (κ2) is 8.74. The number of nitriles is 1. The highest BCUT2D eigenvalue weighted by Gasteiger charge is 2.07. The van der Waals surface area contributed by atoms with Gasteiger partial charge in [0.05, 0.1) is 6.07 Å². The predicted molar refractivity (Wildman–Crippen MR) is 88.3 cm³/mol. The van der Waals surface area contributed by atoms with Crippen molar-refractivity contribution in [2.75, 3.05) is 5.32 Å². The zero-order valence-corrected chi connectivity index (χ0v) is 13.1. The van der Waals surface area contributed by atoms with E-state index >= 15 is 0 Å². The molecule has 0 radical (unpaired) electrons. The van der Waals surface area contributed by atoms with Crippen LogP contribution in [0.5, 0.6) is 0 Å². The van der Waals surface area contributed by atoms with E-state index in [1.807, 2.05) is 24.3 Å². The Labute approximate surface area is 136 Å². The molecule has 0 heterocycles. The Morgan fingerprint density at radius 2 is 1.83 bits per heavy atom. The second-order valence-electron chi connectivity index (χ2n) is 5.66. The van der Waals surface area contributed by atoms with Crippen LogP contribution in [0.1, 0.15) is 44.1 Å². The predicted octanol–water partition coefficient (Wildman–Crippen LogP) is 3.05. The number of nitrogens with zero attached hydrogens (tertiary/aromatic N) is 1. The Bertz CT molecular complexity index is 619. The van der Waals surface area contributed by atoms with Crippen LogP contribution in [0.15, 0.2) is 35.9 Å². The van der Waals surface area contributed by atoms with Crippen molar-refractivity contribution >= 4 is 17.5 Å². The molecule has 1 aliphatic carbocycles. The van der Waals surface area contributed by atoms with Crippen molar-refractivity contribution in [1.82, 2.24) is 5.32 Å². The fraction of sp³-hybridized carbons (Fsp3) is 0.389. The van der Waals surface area contributed by atoms with Gasteiger partial charge in [0, 0.05) is 18.3 Å². The first kappa shape index (κ1) is 16.8. The van der Waals surface area contributed by atoms with Gasteiger partial charge in [-0.05, 0) is 43.4 Å². The Morgan fingerprint density at radius 1 is 1.13 bits per heavy atom. The first-order valence-electron chi connectivity index (χ1n) is 7.90. The van der Waals surface area contributed by atoms with E-state index in [-0.39, 0.29) is 18.2 Å². The molecule has 2 amide bonds. The maximum Gasteiger partial charge on any atom is 0.248 e.